The van der Waals surface area contributed by atoms with E-state index in [0.717, 1.165) is 38.5 Å². The first-order valence-corrected chi connectivity index (χ1v) is 12.4. The van der Waals surface area contributed by atoms with Crippen LogP contribution in [0.1, 0.15) is 11.1 Å². The van der Waals surface area contributed by atoms with Crippen LogP contribution < -0.4 is 9.64 Å². The van der Waals surface area contributed by atoms with E-state index in [0.29, 0.717) is 23.7 Å². The van der Waals surface area contributed by atoms with Crippen molar-refractivity contribution in [2.75, 3.05) is 11.5 Å². The number of fused-ring (bicyclic) bond motifs is 1. The molecule has 5 nitrogen and oxygen atoms in total. The number of imide groups is 1. The number of para-hydroxylation sites is 1. The topological polar surface area (TPSA) is 51.5 Å². The number of nitrogens with zero attached hydrogens (tertiary/aromatic N) is 2. The van der Waals surface area contributed by atoms with Crippen molar-refractivity contribution in [2.45, 2.75) is 13.5 Å². The number of benzene rings is 3. The number of hydrogen-bond donors (Lipinski definition) is 0. The van der Waals surface area contributed by atoms with Crippen LogP contribution in [0.4, 0.5) is 10.5 Å². The van der Waals surface area contributed by atoms with Gasteiger partial charge in [-0.2, -0.15) is 0 Å². The number of aryl methyl sites for hydroxylation is 1. The van der Waals surface area contributed by atoms with Crippen molar-refractivity contribution in [2.24, 2.45) is 0 Å². The summed E-state index contributed by atoms with van der Waals surface area (Å²) in [7, 11) is 0. The number of aromatic nitrogens is 1. The van der Waals surface area contributed by atoms with Gasteiger partial charge in [0.15, 0.2) is 0 Å². The lowest BCUT2D eigenvalue weighted by molar-refractivity contribution is -0.113. The Morgan fingerprint density at radius 1 is 1.00 bits per heavy atom. The maximum absolute atomic E-state index is 13.1. The predicted molar refractivity (Wildman–Crippen MR) is 141 cm³/mol. The van der Waals surface area contributed by atoms with Gasteiger partial charge in [-0.05, 0) is 67.2 Å². The Labute approximate surface area is 210 Å². The quantitative estimate of drug-likeness (QED) is 0.250. The average Bonchev–Trinajstić information content (AvgIpc) is 3.31. The summed E-state index contributed by atoms with van der Waals surface area (Å²) < 4.78 is 8.98. The number of anilines is 1. The molecule has 2 amide bonds. The van der Waals surface area contributed by atoms with Gasteiger partial charge >= 0.3 is 0 Å². The van der Waals surface area contributed by atoms with Crippen molar-refractivity contribution in [1.82, 2.24) is 4.57 Å². The summed E-state index contributed by atoms with van der Waals surface area (Å²) in [6, 6.07) is 23.0. The standard InChI is InChI=1S/C27H21BrN2O3S/c1-18-7-10-22(11-8-18)33-14-13-29-17-19(23-16-20(28)9-12-24(23)29)15-25-26(31)30(27(32)34-25)21-5-3-2-4-6-21/h2-12,15-17H,13-14H2,1H3/b25-15-. The number of ether oxygens (including phenoxy) is 1. The summed E-state index contributed by atoms with van der Waals surface area (Å²) in [6.07, 6.45) is 3.81. The Hall–Kier alpha value is -3.29. The summed E-state index contributed by atoms with van der Waals surface area (Å²) in [5.74, 6) is 0.527. The van der Waals surface area contributed by atoms with E-state index in [2.05, 4.69) is 20.5 Å². The predicted octanol–water partition coefficient (Wildman–Crippen LogP) is 7.03. The van der Waals surface area contributed by atoms with Crippen LogP contribution in [0.3, 0.4) is 0 Å². The molecule has 1 aromatic heterocycles. The number of amides is 2. The molecule has 1 saturated heterocycles. The van der Waals surface area contributed by atoms with Crippen LogP contribution in [0.5, 0.6) is 5.75 Å². The van der Waals surface area contributed by atoms with Crippen LogP contribution in [-0.2, 0) is 11.3 Å². The number of halogens is 1. The van der Waals surface area contributed by atoms with E-state index >= 15 is 0 Å². The molecule has 0 radical (unpaired) electrons. The molecule has 170 valence electrons. The van der Waals surface area contributed by atoms with Gasteiger partial charge < -0.3 is 9.30 Å². The highest BCUT2D eigenvalue weighted by molar-refractivity contribution is 9.10. The Bertz CT molecular complexity index is 1410. The Balaban J connectivity index is 1.42. The summed E-state index contributed by atoms with van der Waals surface area (Å²) in [6.45, 7) is 3.20. The first kappa shape index (κ1) is 22.5. The minimum absolute atomic E-state index is 0.293. The molecule has 1 fully saturated rings. The van der Waals surface area contributed by atoms with E-state index in [-0.39, 0.29) is 11.1 Å². The second-order valence-corrected chi connectivity index (χ2v) is 9.86. The van der Waals surface area contributed by atoms with E-state index in [1.807, 2.05) is 73.8 Å². The number of carbonyl (C=O) groups excluding carboxylic acids is 2. The van der Waals surface area contributed by atoms with Gasteiger partial charge in [-0.3, -0.25) is 9.59 Å². The lowest BCUT2D eigenvalue weighted by Crippen LogP contribution is -2.27. The van der Waals surface area contributed by atoms with Crippen molar-refractivity contribution in [3.05, 3.63) is 99.5 Å². The molecule has 34 heavy (non-hydrogen) atoms. The van der Waals surface area contributed by atoms with Gasteiger partial charge in [0.1, 0.15) is 12.4 Å². The second kappa shape index (κ2) is 9.52. The minimum atomic E-state index is -0.306. The summed E-state index contributed by atoms with van der Waals surface area (Å²) >= 11 is 4.51. The molecule has 0 aliphatic carbocycles. The third kappa shape index (κ3) is 4.54. The van der Waals surface area contributed by atoms with Gasteiger partial charge in [0, 0.05) is 27.1 Å². The average molecular weight is 533 g/mol. The van der Waals surface area contributed by atoms with Crippen molar-refractivity contribution < 1.29 is 14.3 Å². The molecule has 2 heterocycles. The zero-order valence-electron chi connectivity index (χ0n) is 18.4. The van der Waals surface area contributed by atoms with E-state index in [9.17, 15) is 9.59 Å². The fourth-order valence-electron chi connectivity index (χ4n) is 3.90. The van der Waals surface area contributed by atoms with E-state index in [1.165, 1.54) is 10.5 Å². The molecule has 0 spiro atoms. The highest BCUT2D eigenvalue weighted by atomic mass is 79.9. The summed E-state index contributed by atoms with van der Waals surface area (Å²) in [4.78, 5) is 27.3. The number of rotatable bonds is 6. The summed E-state index contributed by atoms with van der Waals surface area (Å²) in [5, 5.41) is 0.704. The van der Waals surface area contributed by atoms with E-state index < -0.39 is 0 Å². The van der Waals surface area contributed by atoms with Crippen LogP contribution >= 0.6 is 27.7 Å². The molecule has 5 rings (SSSR count). The fourth-order valence-corrected chi connectivity index (χ4v) is 5.10. The molecular weight excluding hydrogens is 512 g/mol. The van der Waals surface area contributed by atoms with Gasteiger partial charge in [-0.1, -0.05) is 51.8 Å². The molecule has 7 heteroatoms. The molecule has 0 bridgehead atoms. The smallest absolute Gasteiger partial charge is 0.298 e. The molecular formula is C27H21BrN2O3S. The van der Waals surface area contributed by atoms with Gasteiger partial charge in [0.05, 0.1) is 17.1 Å². The highest BCUT2D eigenvalue weighted by Gasteiger charge is 2.36. The van der Waals surface area contributed by atoms with Crippen LogP contribution in [-0.4, -0.2) is 22.3 Å². The SMILES string of the molecule is Cc1ccc(OCCn2cc(/C=C3\SC(=O)N(c4ccccc4)C3=O)c3cc(Br)ccc32)cc1. The lowest BCUT2D eigenvalue weighted by Gasteiger charge is -2.11. The number of carbonyl (C=O) groups is 2. The zero-order chi connectivity index (χ0) is 23.7. The molecule has 0 N–H and O–H groups in total. The Morgan fingerprint density at radius 3 is 2.53 bits per heavy atom. The first-order valence-electron chi connectivity index (χ1n) is 10.8. The van der Waals surface area contributed by atoms with Gasteiger partial charge in [0.2, 0.25) is 0 Å². The third-order valence-electron chi connectivity index (χ3n) is 5.59. The maximum Gasteiger partial charge on any atom is 0.298 e. The normalized spacial score (nSPS) is 15.0. The second-order valence-electron chi connectivity index (χ2n) is 7.95. The monoisotopic (exact) mass is 532 g/mol. The summed E-state index contributed by atoms with van der Waals surface area (Å²) in [5.41, 5.74) is 3.68. The van der Waals surface area contributed by atoms with Gasteiger partial charge in [-0.15, -0.1) is 0 Å². The van der Waals surface area contributed by atoms with E-state index in [1.54, 1.807) is 18.2 Å². The maximum atomic E-state index is 13.1. The van der Waals surface area contributed by atoms with Crippen LogP contribution in [0.25, 0.3) is 17.0 Å². The van der Waals surface area contributed by atoms with E-state index in [4.69, 9.17) is 4.74 Å². The molecule has 0 saturated carbocycles. The Kier molecular flexibility index (Phi) is 6.30. The molecule has 4 aromatic rings. The van der Waals surface area contributed by atoms with Crippen molar-refractivity contribution >= 4 is 61.5 Å². The first-order chi connectivity index (χ1) is 16.5. The van der Waals surface area contributed by atoms with Crippen molar-refractivity contribution in [3.8, 4) is 5.75 Å². The molecule has 0 unspecified atom stereocenters. The highest BCUT2D eigenvalue weighted by Crippen LogP contribution is 2.37. The fraction of sp³-hybridized carbons (Fsp3) is 0.111. The van der Waals surface area contributed by atoms with Gasteiger partial charge in [0.25, 0.3) is 11.1 Å². The Morgan fingerprint density at radius 2 is 1.76 bits per heavy atom. The van der Waals surface area contributed by atoms with Gasteiger partial charge in [-0.25, -0.2) is 4.90 Å². The van der Waals surface area contributed by atoms with Crippen LogP contribution in [0, 0.1) is 6.92 Å². The molecule has 1 aliphatic heterocycles. The van der Waals surface area contributed by atoms with Crippen LogP contribution in [0.15, 0.2) is 88.4 Å². The number of thioether (sulfide) groups is 1. The largest absolute Gasteiger partial charge is 0.492 e. The van der Waals surface area contributed by atoms with Crippen molar-refractivity contribution in [3.63, 3.8) is 0 Å². The lowest BCUT2D eigenvalue weighted by atomic mass is 10.1. The molecule has 1 aliphatic rings. The number of hydrogen-bond acceptors (Lipinski definition) is 4. The van der Waals surface area contributed by atoms with Crippen molar-refractivity contribution in [1.29, 1.82) is 0 Å². The minimum Gasteiger partial charge on any atom is -0.492 e. The molecule has 0 atom stereocenters. The van der Waals surface area contributed by atoms with Crippen LogP contribution in [0.2, 0.25) is 0 Å². The zero-order valence-corrected chi connectivity index (χ0v) is 20.8. The third-order valence-corrected chi connectivity index (χ3v) is 6.95. The molecule has 3 aromatic carbocycles.